The molecule has 1 aliphatic heterocycles. The first kappa shape index (κ1) is 23.2. The van der Waals surface area contributed by atoms with Crippen LogP contribution >= 0.6 is 0 Å². The molecule has 1 N–H and O–H groups in total. The lowest BCUT2D eigenvalue weighted by Crippen LogP contribution is -2.64. The van der Waals surface area contributed by atoms with Crippen molar-refractivity contribution in [3.63, 3.8) is 0 Å². The summed E-state index contributed by atoms with van der Waals surface area (Å²) in [6, 6.07) is 13.1. The Morgan fingerprint density at radius 3 is 2.69 bits per heavy atom. The average molecular weight is 477 g/mol. The molecule has 1 fully saturated rings. The summed E-state index contributed by atoms with van der Waals surface area (Å²) in [5.41, 5.74) is 0.809. The van der Waals surface area contributed by atoms with Gasteiger partial charge in [-0.15, -0.1) is 0 Å². The van der Waals surface area contributed by atoms with Gasteiger partial charge in [-0.3, -0.25) is 14.3 Å². The van der Waals surface area contributed by atoms with Crippen molar-refractivity contribution < 1.29 is 18.7 Å². The van der Waals surface area contributed by atoms with E-state index in [0.717, 1.165) is 31.2 Å². The number of fused-ring (bicyclic) bond motifs is 1. The molecule has 184 valence electrons. The molecule has 0 radical (unpaired) electrons. The van der Waals surface area contributed by atoms with E-state index in [9.17, 15) is 9.59 Å². The fourth-order valence-electron chi connectivity index (χ4n) is 5.15. The van der Waals surface area contributed by atoms with Crippen LogP contribution in [0.25, 0.3) is 11.5 Å². The van der Waals surface area contributed by atoms with Crippen LogP contribution in [0.15, 0.2) is 53.1 Å². The van der Waals surface area contributed by atoms with Crippen molar-refractivity contribution in [1.29, 1.82) is 0 Å². The minimum absolute atomic E-state index is 0.133. The fraction of sp³-hybridized carbons (Fsp3) is 0.444. The number of methoxy groups -OCH3 is 1. The molecule has 1 saturated carbocycles. The number of ether oxygens (including phenoxy) is 1. The Balaban J connectivity index is 1.49. The molecule has 8 heteroatoms. The first-order valence-corrected chi connectivity index (χ1v) is 12.4. The molecule has 2 aromatic heterocycles. The van der Waals surface area contributed by atoms with Crippen LogP contribution in [0.1, 0.15) is 61.5 Å². The van der Waals surface area contributed by atoms with Gasteiger partial charge in [-0.05, 0) is 49.6 Å². The number of benzene rings is 1. The molecule has 3 aromatic rings. The fourth-order valence-corrected chi connectivity index (χ4v) is 5.15. The van der Waals surface area contributed by atoms with Crippen LogP contribution in [0.2, 0.25) is 0 Å². The van der Waals surface area contributed by atoms with E-state index in [1.165, 1.54) is 12.8 Å². The first-order valence-electron chi connectivity index (χ1n) is 12.4. The van der Waals surface area contributed by atoms with Gasteiger partial charge in [-0.2, -0.15) is 5.10 Å². The summed E-state index contributed by atoms with van der Waals surface area (Å²) in [7, 11) is 1.62. The summed E-state index contributed by atoms with van der Waals surface area (Å²) >= 11 is 0. The molecular weight excluding hydrogens is 444 g/mol. The van der Waals surface area contributed by atoms with Crippen molar-refractivity contribution in [3.05, 3.63) is 60.0 Å². The van der Waals surface area contributed by atoms with Gasteiger partial charge in [0, 0.05) is 18.7 Å². The Morgan fingerprint density at radius 1 is 1.17 bits per heavy atom. The normalized spacial score (nSPS) is 20.9. The van der Waals surface area contributed by atoms with E-state index in [1.807, 2.05) is 37.3 Å². The highest BCUT2D eigenvalue weighted by atomic mass is 16.5. The molecule has 3 heterocycles. The van der Waals surface area contributed by atoms with Crippen molar-refractivity contribution in [2.75, 3.05) is 7.11 Å². The van der Waals surface area contributed by atoms with Crippen LogP contribution in [0.3, 0.4) is 0 Å². The van der Waals surface area contributed by atoms with Crippen LogP contribution in [-0.2, 0) is 17.9 Å². The molecule has 1 aromatic carbocycles. The van der Waals surface area contributed by atoms with Crippen molar-refractivity contribution >= 4 is 11.8 Å². The Bertz CT molecular complexity index is 1190. The SMILES string of the molecule is COc1cccc(CN2C(=O)c3cc(-c4ccco4)nn3C[C@]2(C)C(=O)NC2CCCCCC2)c1. The summed E-state index contributed by atoms with van der Waals surface area (Å²) in [6.07, 6.45) is 8.16. The standard InChI is InChI=1S/C27H32N4O4/c1-27(26(33)28-20-10-5-3-4-6-11-20)18-31-23(16-22(29-31)24-13-8-14-35-24)25(32)30(27)17-19-9-7-12-21(15-19)34-2/h7-9,12-16,20H,3-6,10-11,17-18H2,1-2H3,(H,28,33)/t27-/m1/s1. The number of furan rings is 1. The van der Waals surface area contributed by atoms with E-state index >= 15 is 0 Å². The summed E-state index contributed by atoms with van der Waals surface area (Å²) < 4.78 is 12.5. The molecule has 0 saturated heterocycles. The monoisotopic (exact) mass is 476 g/mol. The van der Waals surface area contributed by atoms with Crippen molar-refractivity contribution in [2.24, 2.45) is 0 Å². The maximum absolute atomic E-state index is 13.8. The molecule has 5 rings (SSSR count). The first-order chi connectivity index (χ1) is 17.0. The highest BCUT2D eigenvalue weighted by Crippen LogP contribution is 2.32. The van der Waals surface area contributed by atoms with Gasteiger partial charge in [-0.25, -0.2) is 0 Å². The minimum atomic E-state index is -1.11. The number of amides is 2. The number of carbonyl (C=O) groups excluding carboxylic acids is 2. The number of hydrogen-bond donors (Lipinski definition) is 1. The van der Waals surface area contributed by atoms with Crippen LogP contribution in [0.5, 0.6) is 5.75 Å². The number of nitrogens with zero attached hydrogens (tertiary/aromatic N) is 3. The van der Waals surface area contributed by atoms with E-state index in [4.69, 9.17) is 9.15 Å². The smallest absolute Gasteiger partial charge is 0.273 e. The van der Waals surface area contributed by atoms with E-state index in [-0.39, 0.29) is 30.9 Å². The van der Waals surface area contributed by atoms with Crippen LogP contribution in [-0.4, -0.2) is 45.2 Å². The maximum Gasteiger partial charge on any atom is 0.273 e. The quantitative estimate of drug-likeness (QED) is 0.533. The third-order valence-corrected chi connectivity index (χ3v) is 7.23. The van der Waals surface area contributed by atoms with Gasteiger partial charge in [0.15, 0.2) is 5.76 Å². The highest BCUT2D eigenvalue weighted by Gasteiger charge is 2.48. The molecule has 0 unspecified atom stereocenters. The average Bonchev–Trinajstić information content (AvgIpc) is 3.47. The van der Waals surface area contributed by atoms with Crippen LogP contribution in [0, 0.1) is 0 Å². The highest BCUT2D eigenvalue weighted by molar-refractivity contribution is 6.00. The molecule has 0 spiro atoms. The molecule has 1 atom stereocenters. The zero-order valence-corrected chi connectivity index (χ0v) is 20.3. The summed E-state index contributed by atoms with van der Waals surface area (Å²) in [5.74, 6) is 0.926. The third kappa shape index (κ3) is 4.57. The Hall–Kier alpha value is -3.55. The molecular formula is C27H32N4O4. The van der Waals surface area contributed by atoms with E-state index < -0.39 is 5.54 Å². The number of carbonyl (C=O) groups is 2. The van der Waals surface area contributed by atoms with Crippen molar-refractivity contribution in [2.45, 2.75) is 70.1 Å². The lowest BCUT2D eigenvalue weighted by molar-refractivity contribution is -0.134. The molecule has 35 heavy (non-hydrogen) atoms. The van der Waals surface area contributed by atoms with Gasteiger partial charge in [0.25, 0.3) is 5.91 Å². The van der Waals surface area contributed by atoms with E-state index in [2.05, 4.69) is 10.4 Å². The van der Waals surface area contributed by atoms with Gasteiger partial charge >= 0.3 is 0 Å². The second kappa shape index (κ2) is 9.60. The Morgan fingerprint density at radius 2 is 1.97 bits per heavy atom. The second-order valence-corrected chi connectivity index (χ2v) is 9.73. The predicted molar refractivity (Wildman–Crippen MR) is 131 cm³/mol. The van der Waals surface area contributed by atoms with Gasteiger partial charge in [-0.1, -0.05) is 37.8 Å². The lowest BCUT2D eigenvalue weighted by Gasteiger charge is -2.44. The maximum atomic E-state index is 13.8. The summed E-state index contributed by atoms with van der Waals surface area (Å²) in [6.45, 7) is 2.39. The zero-order chi connectivity index (χ0) is 24.4. The van der Waals surface area contributed by atoms with Gasteiger partial charge in [0.2, 0.25) is 5.91 Å². The van der Waals surface area contributed by atoms with Crippen LogP contribution < -0.4 is 10.1 Å². The molecule has 8 nitrogen and oxygen atoms in total. The Kier molecular flexibility index (Phi) is 6.36. The number of rotatable bonds is 6. The molecule has 0 bridgehead atoms. The lowest BCUT2D eigenvalue weighted by atomic mass is 9.93. The Labute approximate surface area is 205 Å². The van der Waals surface area contributed by atoms with Gasteiger partial charge in [0.05, 0.1) is 19.9 Å². The van der Waals surface area contributed by atoms with Crippen LogP contribution in [0.4, 0.5) is 0 Å². The van der Waals surface area contributed by atoms with Crippen molar-refractivity contribution in [1.82, 2.24) is 20.0 Å². The third-order valence-electron chi connectivity index (χ3n) is 7.23. The summed E-state index contributed by atoms with van der Waals surface area (Å²) in [5, 5.41) is 7.90. The topological polar surface area (TPSA) is 89.6 Å². The van der Waals surface area contributed by atoms with E-state index in [0.29, 0.717) is 22.9 Å². The molecule has 2 amide bonds. The predicted octanol–water partition coefficient (Wildman–Crippen LogP) is 4.41. The molecule has 2 aliphatic rings. The zero-order valence-electron chi connectivity index (χ0n) is 20.3. The summed E-state index contributed by atoms with van der Waals surface area (Å²) in [4.78, 5) is 29.4. The number of nitrogens with one attached hydrogen (secondary N) is 1. The van der Waals surface area contributed by atoms with E-state index in [1.54, 1.807) is 35.1 Å². The molecule has 1 aliphatic carbocycles. The second-order valence-electron chi connectivity index (χ2n) is 9.73. The number of aromatic nitrogens is 2. The van der Waals surface area contributed by atoms with Gasteiger partial charge < -0.3 is 19.4 Å². The van der Waals surface area contributed by atoms with Crippen molar-refractivity contribution in [3.8, 4) is 17.2 Å². The largest absolute Gasteiger partial charge is 0.497 e. The minimum Gasteiger partial charge on any atom is -0.497 e. The van der Waals surface area contributed by atoms with Gasteiger partial charge in [0.1, 0.15) is 22.7 Å². The number of hydrogen-bond acceptors (Lipinski definition) is 5.